The summed E-state index contributed by atoms with van der Waals surface area (Å²) in [6.07, 6.45) is -0.461. The molecule has 6 heteroatoms. The first kappa shape index (κ1) is 16.0. The van der Waals surface area contributed by atoms with E-state index in [2.05, 4.69) is 15.4 Å². The van der Waals surface area contributed by atoms with Crippen LogP contribution in [0, 0.1) is 13.8 Å². The average molecular weight is 302 g/mol. The lowest BCUT2D eigenvalue weighted by atomic mass is 10.2. The van der Waals surface area contributed by atoms with Gasteiger partial charge in [0.25, 0.3) is 0 Å². The number of hydrogen-bond acceptors (Lipinski definition) is 4. The molecule has 1 aromatic heterocycles. The lowest BCUT2D eigenvalue weighted by molar-refractivity contribution is 0.0636. The molecule has 0 saturated heterocycles. The van der Waals surface area contributed by atoms with Crippen molar-refractivity contribution in [3.63, 3.8) is 0 Å². The van der Waals surface area contributed by atoms with Gasteiger partial charge in [0, 0.05) is 5.69 Å². The van der Waals surface area contributed by atoms with E-state index in [-0.39, 0.29) is 0 Å². The molecule has 0 atom stereocenters. The fourth-order valence-corrected chi connectivity index (χ4v) is 2.05. The molecule has 1 aromatic carbocycles. The van der Waals surface area contributed by atoms with Crippen LogP contribution in [0.2, 0.25) is 0 Å². The van der Waals surface area contributed by atoms with Gasteiger partial charge >= 0.3 is 6.09 Å². The number of aromatic nitrogens is 3. The summed E-state index contributed by atoms with van der Waals surface area (Å²) in [5.74, 6) is 1.61. The number of ether oxygens (including phenoxy) is 1. The second-order valence-electron chi connectivity index (χ2n) is 6.19. The Kier molecular flexibility index (Phi) is 4.49. The Morgan fingerprint density at radius 3 is 2.64 bits per heavy atom. The van der Waals surface area contributed by atoms with Crippen molar-refractivity contribution in [3.05, 3.63) is 41.5 Å². The zero-order chi connectivity index (χ0) is 16.3. The third kappa shape index (κ3) is 4.58. The van der Waals surface area contributed by atoms with Crippen molar-refractivity contribution < 1.29 is 9.53 Å². The van der Waals surface area contributed by atoms with Gasteiger partial charge in [-0.25, -0.2) is 14.5 Å². The van der Waals surface area contributed by atoms with E-state index in [1.165, 1.54) is 0 Å². The van der Waals surface area contributed by atoms with Gasteiger partial charge in [-0.15, -0.1) is 0 Å². The van der Waals surface area contributed by atoms with E-state index in [4.69, 9.17) is 4.74 Å². The van der Waals surface area contributed by atoms with Crippen LogP contribution in [0.25, 0.3) is 0 Å². The van der Waals surface area contributed by atoms with Crippen LogP contribution in [0.3, 0.4) is 0 Å². The van der Waals surface area contributed by atoms with Crippen LogP contribution in [0.5, 0.6) is 0 Å². The lowest BCUT2D eigenvalue weighted by Gasteiger charge is -2.19. The summed E-state index contributed by atoms with van der Waals surface area (Å²) < 4.78 is 7.08. The molecule has 0 radical (unpaired) electrons. The Balaban J connectivity index is 2.07. The predicted octanol–water partition coefficient (Wildman–Crippen LogP) is 3.29. The third-order valence-corrected chi connectivity index (χ3v) is 2.87. The van der Waals surface area contributed by atoms with Gasteiger partial charge in [-0.3, -0.25) is 5.32 Å². The Bertz CT molecular complexity index is 671. The average Bonchev–Trinajstić information content (AvgIpc) is 2.65. The SMILES string of the molecule is Cc1nc(C)n(Cc2cccc(NC(=O)OC(C)(C)C)c2)n1. The second kappa shape index (κ2) is 6.17. The van der Waals surface area contributed by atoms with Crippen molar-refractivity contribution in [2.75, 3.05) is 5.32 Å². The van der Waals surface area contributed by atoms with Crippen LogP contribution in [-0.2, 0) is 11.3 Å². The highest BCUT2D eigenvalue weighted by atomic mass is 16.6. The highest BCUT2D eigenvalue weighted by Gasteiger charge is 2.16. The van der Waals surface area contributed by atoms with Crippen LogP contribution < -0.4 is 5.32 Å². The molecule has 1 N–H and O–H groups in total. The number of amides is 1. The summed E-state index contributed by atoms with van der Waals surface area (Å²) in [4.78, 5) is 16.1. The van der Waals surface area contributed by atoms with Gasteiger partial charge < -0.3 is 4.74 Å². The van der Waals surface area contributed by atoms with Crippen molar-refractivity contribution in [1.82, 2.24) is 14.8 Å². The molecule has 0 unspecified atom stereocenters. The molecule has 118 valence electrons. The van der Waals surface area contributed by atoms with E-state index >= 15 is 0 Å². The van der Waals surface area contributed by atoms with Gasteiger partial charge in [0.05, 0.1) is 6.54 Å². The van der Waals surface area contributed by atoms with Gasteiger partial charge in [-0.1, -0.05) is 12.1 Å². The van der Waals surface area contributed by atoms with E-state index in [0.29, 0.717) is 12.2 Å². The molecule has 1 heterocycles. The summed E-state index contributed by atoms with van der Waals surface area (Å²) in [6, 6.07) is 7.60. The van der Waals surface area contributed by atoms with Crippen molar-refractivity contribution in [2.45, 2.75) is 46.8 Å². The molecule has 2 aromatic rings. The minimum absolute atomic E-state index is 0.461. The van der Waals surface area contributed by atoms with Gasteiger partial charge in [0.1, 0.15) is 17.2 Å². The normalized spacial score (nSPS) is 11.3. The van der Waals surface area contributed by atoms with Crippen LogP contribution >= 0.6 is 0 Å². The summed E-state index contributed by atoms with van der Waals surface area (Å²) in [5.41, 5.74) is 1.21. The highest BCUT2D eigenvalue weighted by molar-refractivity contribution is 5.84. The number of anilines is 1. The Labute approximate surface area is 130 Å². The standard InChI is InChI=1S/C16H22N4O2/c1-11-17-12(2)20(19-11)10-13-7-6-8-14(9-13)18-15(21)22-16(3,4)5/h6-9H,10H2,1-5H3,(H,18,21). The zero-order valence-corrected chi connectivity index (χ0v) is 13.7. The van der Waals surface area contributed by atoms with E-state index in [1.54, 1.807) is 0 Å². The molecular weight excluding hydrogens is 280 g/mol. The summed E-state index contributed by atoms with van der Waals surface area (Å²) in [5, 5.41) is 7.08. The van der Waals surface area contributed by atoms with Crippen molar-refractivity contribution in [2.24, 2.45) is 0 Å². The molecule has 0 fully saturated rings. The first-order chi connectivity index (χ1) is 10.2. The van der Waals surface area contributed by atoms with Crippen LogP contribution in [0.4, 0.5) is 10.5 Å². The van der Waals surface area contributed by atoms with E-state index in [9.17, 15) is 4.79 Å². The van der Waals surface area contributed by atoms with Crippen molar-refractivity contribution >= 4 is 11.8 Å². The van der Waals surface area contributed by atoms with Gasteiger partial charge in [-0.05, 0) is 52.3 Å². The summed E-state index contributed by atoms with van der Waals surface area (Å²) in [6.45, 7) is 9.89. The highest BCUT2D eigenvalue weighted by Crippen LogP contribution is 2.14. The molecule has 6 nitrogen and oxygen atoms in total. The summed E-state index contributed by atoms with van der Waals surface area (Å²) in [7, 11) is 0. The minimum atomic E-state index is -0.517. The third-order valence-electron chi connectivity index (χ3n) is 2.87. The lowest BCUT2D eigenvalue weighted by Crippen LogP contribution is -2.27. The second-order valence-corrected chi connectivity index (χ2v) is 6.19. The largest absolute Gasteiger partial charge is 0.444 e. The monoisotopic (exact) mass is 302 g/mol. The quantitative estimate of drug-likeness (QED) is 0.944. The number of nitrogens with one attached hydrogen (secondary N) is 1. The molecule has 0 bridgehead atoms. The van der Waals surface area contributed by atoms with E-state index < -0.39 is 11.7 Å². The molecule has 0 saturated carbocycles. The smallest absolute Gasteiger partial charge is 0.412 e. The number of benzene rings is 1. The number of carbonyl (C=O) groups is 1. The van der Waals surface area contributed by atoms with Gasteiger partial charge in [-0.2, -0.15) is 5.10 Å². The van der Waals surface area contributed by atoms with Gasteiger partial charge in [0.15, 0.2) is 0 Å². The number of rotatable bonds is 3. The maximum Gasteiger partial charge on any atom is 0.412 e. The first-order valence-electron chi connectivity index (χ1n) is 7.20. The number of carbonyl (C=O) groups excluding carboxylic acids is 1. The fraction of sp³-hybridized carbons (Fsp3) is 0.438. The summed E-state index contributed by atoms with van der Waals surface area (Å²) >= 11 is 0. The molecular formula is C16H22N4O2. The Hall–Kier alpha value is -2.37. The molecule has 0 aliphatic rings. The Morgan fingerprint density at radius 2 is 2.05 bits per heavy atom. The molecule has 0 spiro atoms. The van der Waals surface area contributed by atoms with E-state index in [1.807, 2.05) is 63.6 Å². The molecule has 0 aliphatic carbocycles. The maximum atomic E-state index is 11.8. The van der Waals surface area contributed by atoms with Crippen molar-refractivity contribution in [1.29, 1.82) is 0 Å². The van der Waals surface area contributed by atoms with Crippen molar-refractivity contribution in [3.8, 4) is 0 Å². The molecule has 22 heavy (non-hydrogen) atoms. The van der Waals surface area contributed by atoms with Crippen LogP contribution in [0.1, 0.15) is 38.0 Å². The van der Waals surface area contributed by atoms with E-state index in [0.717, 1.165) is 17.2 Å². The molecule has 1 amide bonds. The molecule has 2 rings (SSSR count). The number of nitrogens with zero attached hydrogens (tertiary/aromatic N) is 3. The topological polar surface area (TPSA) is 69.0 Å². The Morgan fingerprint density at radius 1 is 1.32 bits per heavy atom. The zero-order valence-electron chi connectivity index (χ0n) is 13.7. The molecule has 0 aliphatic heterocycles. The van der Waals surface area contributed by atoms with Gasteiger partial charge in [0.2, 0.25) is 0 Å². The maximum absolute atomic E-state index is 11.8. The number of hydrogen-bond donors (Lipinski definition) is 1. The number of aryl methyl sites for hydroxylation is 2. The minimum Gasteiger partial charge on any atom is -0.444 e. The van der Waals surface area contributed by atoms with Crippen LogP contribution in [-0.4, -0.2) is 26.5 Å². The first-order valence-corrected chi connectivity index (χ1v) is 7.20. The predicted molar refractivity (Wildman–Crippen MR) is 84.9 cm³/mol. The fourth-order valence-electron chi connectivity index (χ4n) is 2.05. The van der Waals surface area contributed by atoms with Crippen LogP contribution in [0.15, 0.2) is 24.3 Å².